The molecule has 7 nitrogen and oxygen atoms in total. The van der Waals surface area contributed by atoms with Crippen LogP contribution in [0.5, 0.6) is 0 Å². The van der Waals surface area contributed by atoms with E-state index in [1.54, 1.807) is 24.4 Å². The molecule has 0 spiro atoms. The molecule has 0 aliphatic carbocycles. The highest BCUT2D eigenvalue weighted by Gasteiger charge is 2.27. The van der Waals surface area contributed by atoms with E-state index in [0.717, 1.165) is 30.7 Å². The molecule has 0 atom stereocenters. The van der Waals surface area contributed by atoms with E-state index in [1.165, 1.54) is 4.40 Å². The minimum atomic E-state index is -0.404. The Kier molecular flexibility index (Phi) is 3.85. The summed E-state index contributed by atoms with van der Waals surface area (Å²) in [6.07, 6.45) is 2.60. The van der Waals surface area contributed by atoms with Gasteiger partial charge in [0, 0.05) is 25.3 Å². The summed E-state index contributed by atoms with van der Waals surface area (Å²) in [4.78, 5) is 26.7. The Morgan fingerprint density at radius 1 is 1.48 bits per heavy atom. The molecule has 7 heteroatoms. The Labute approximate surface area is 122 Å². The summed E-state index contributed by atoms with van der Waals surface area (Å²) >= 11 is 0. The van der Waals surface area contributed by atoms with Crippen molar-refractivity contribution in [1.29, 1.82) is 0 Å². The maximum Gasteiger partial charge on any atom is 0.357 e. The van der Waals surface area contributed by atoms with Gasteiger partial charge in [-0.05, 0) is 25.1 Å². The van der Waals surface area contributed by atoms with Crippen molar-refractivity contribution in [2.75, 3.05) is 26.2 Å². The van der Waals surface area contributed by atoms with Crippen LogP contribution in [-0.4, -0.2) is 57.2 Å². The van der Waals surface area contributed by atoms with E-state index in [4.69, 9.17) is 0 Å². The van der Waals surface area contributed by atoms with Gasteiger partial charge in [0.1, 0.15) is 0 Å². The van der Waals surface area contributed by atoms with Crippen LogP contribution in [0.4, 0.5) is 0 Å². The number of carbonyl (C=O) groups excluding carboxylic acids is 1. The van der Waals surface area contributed by atoms with Crippen LogP contribution < -0.4 is 11.0 Å². The van der Waals surface area contributed by atoms with E-state index >= 15 is 0 Å². The molecule has 2 aromatic rings. The van der Waals surface area contributed by atoms with E-state index in [1.807, 2.05) is 0 Å². The van der Waals surface area contributed by atoms with Crippen LogP contribution in [0.3, 0.4) is 0 Å². The predicted octanol–water partition coefficient (Wildman–Crippen LogP) is -0.180. The molecule has 0 aromatic carbocycles. The molecule has 0 bridgehead atoms. The molecular formula is C14H19N5O2. The molecule has 1 aliphatic heterocycles. The molecule has 112 valence electrons. The number of carbonyl (C=O) groups is 1. The first-order valence-corrected chi connectivity index (χ1v) is 7.25. The SMILES string of the molecule is CCCN(CC(=O)n1nc2ccccn2c1=O)C1CNC1. The maximum absolute atomic E-state index is 12.4. The Balaban J connectivity index is 1.82. The van der Waals surface area contributed by atoms with Crippen molar-refractivity contribution < 1.29 is 4.79 Å². The van der Waals surface area contributed by atoms with Gasteiger partial charge in [-0.25, -0.2) is 9.20 Å². The average molecular weight is 289 g/mol. The molecule has 0 unspecified atom stereocenters. The van der Waals surface area contributed by atoms with Crippen molar-refractivity contribution in [3.05, 3.63) is 34.9 Å². The average Bonchev–Trinajstić information content (AvgIpc) is 2.75. The van der Waals surface area contributed by atoms with Gasteiger partial charge >= 0.3 is 5.69 Å². The van der Waals surface area contributed by atoms with Crippen LogP contribution in [0.2, 0.25) is 0 Å². The summed E-state index contributed by atoms with van der Waals surface area (Å²) < 4.78 is 2.36. The molecule has 1 saturated heterocycles. The minimum absolute atomic E-state index is 0.226. The van der Waals surface area contributed by atoms with Crippen LogP contribution >= 0.6 is 0 Å². The second-order valence-corrected chi connectivity index (χ2v) is 5.30. The zero-order valence-electron chi connectivity index (χ0n) is 12.0. The number of rotatable bonds is 5. The lowest BCUT2D eigenvalue weighted by atomic mass is 10.1. The summed E-state index contributed by atoms with van der Waals surface area (Å²) in [6.45, 7) is 4.95. The zero-order valence-corrected chi connectivity index (χ0v) is 12.0. The van der Waals surface area contributed by atoms with E-state index in [0.29, 0.717) is 11.7 Å². The normalized spacial score (nSPS) is 15.5. The molecule has 1 N–H and O–H groups in total. The molecule has 0 saturated carbocycles. The summed E-state index contributed by atoms with van der Waals surface area (Å²) in [6, 6.07) is 5.63. The predicted molar refractivity (Wildman–Crippen MR) is 78.6 cm³/mol. The Morgan fingerprint density at radius 3 is 2.90 bits per heavy atom. The fourth-order valence-corrected chi connectivity index (χ4v) is 2.54. The largest absolute Gasteiger partial charge is 0.357 e. The first-order valence-electron chi connectivity index (χ1n) is 7.25. The van der Waals surface area contributed by atoms with Gasteiger partial charge in [0.2, 0.25) is 0 Å². The highest BCUT2D eigenvalue weighted by molar-refractivity contribution is 5.80. The summed E-state index contributed by atoms with van der Waals surface area (Å²) in [5.74, 6) is -0.274. The molecule has 0 radical (unpaired) electrons. The van der Waals surface area contributed by atoms with Gasteiger partial charge in [-0.2, -0.15) is 0 Å². The smallest absolute Gasteiger partial charge is 0.314 e. The Bertz CT molecular complexity index is 701. The second-order valence-electron chi connectivity index (χ2n) is 5.30. The number of hydrogen-bond acceptors (Lipinski definition) is 5. The van der Waals surface area contributed by atoms with Gasteiger partial charge in [-0.15, -0.1) is 9.78 Å². The molecule has 1 fully saturated rings. The zero-order chi connectivity index (χ0) is 14.8. The fourth-order valence-electron chi connectivity index (χ4n) is 2.54. The number of nitrogens with zero attached hydrogens (tertiary/aromatic N) is 4. The Morgan fingerprint density at radius 2 is 2.29 bits per heavy atom. The highest BCUT2D eigenvalue weighted by atomic mass is 16.2. The Hall–Kier alpha value is -1.99. The van der Waals surface area contributed by atoms with Crippen molar-refractivity contribution in [2.45, 2.75) is 19.4 Å². The van der Waals surface area contributed by atoms with Gasteiger partial charge in [-0.1, -0.05) is 13.0 Å². The molecule has 3 heterocycles. The number of pyridine rings is 1. The van der Waals surface area contributed by atoms with Crippen molar-refractivity contribution in [2.24, 2.45) is 0 Å². The van der Waals surface area contributed by atoms with Crippen LogP contribution in [0.25, 0.3) is 5.65 Å². The summed E-state index contributed by atoms with van der Waals surface area (Å²) in [5.41, 5.74) is 0.0852. The van der Waals surface area contributed by atoms with E-state index in [-0.39, 0.29) is 12.5 Å². The van der Waals surface area contributed by atoms with Crippen LogP contribution in [0.1, 0.15) is 18.1 Å². The number of fused-ring (bicyclic) bond motifs is 1. The highest BCUT2D eigenvalue weighted by Crippen LogP contribution is 2.06. The van der Waals surface area contributed by atoms with Gasteiger partial charge in [0.05, 0.1) is 6.54 Å². The lowest BCUT2D eigenvalue weighted by Gasteiger charge is -2.37. The van der Waals surface area contributed by atoms with Crippen LogP contribution in [0.15, 0.2) is 29.2 Å². The van der Waals surface area contributed by atoms with Crippen LogP contribution in [0, 0.1) is 0 Å². The first kappa shape index (κ1) is 14.0. The molecule has 1 aliphatic rings. The molecule has 0 amide bonds. The minimum Gasteiger partial charge on any atom is -0.314 e. The lowest BCUT2D eigenvalue weighted by Crippen LogP contribution is -2.58. The fraction of sp³-hybridized carbons (Fsp3) is 0.500. The van der Waals surface area contributed by atoms with Gasteiger partial charge < -0.3 is 5.32 Å². The van der Waals surface area contributed by atoms with Gasteiger partial charge in [0.15, 0.2) is 5.65 Å². The summed E-state index contributed by atoms with van der Waals surface area (Å²) in [5, 5.41) is 7.31. The number of nitrogens with one attached hydrogen (secondary N) is 1. The molecule has 2 aromatic heterocycles. The number of aromatic nitrogens is 3. The monoisotopic (exact) mass is 289 g/mol. The lowest BCUT2D eigenvalue weighted by molar-refractivity contribution is 0.0744. The van der Waals surface area contributed by atoms with Crippen molar-refractivity contribution in [3.63, 3.8) is 0 Å². The molecule has 3 rings (SSSR count). The number of hydrogen-bond donors (Lipinski definition) is 1. The van der Waals surface area contributed by atoms with Gasteiger partial charge in [0.25, 0.3) is 5.91 Å². The molecule has 21 heavy (non-hydrogen) atoms. The summed E-state index contributed by atoms with van der Waals surface area (Å²) in [7, 11) is 0. The third-order valence-electron chi connectivity index (χ3n) is 3.79. The molecular weight excluding hydrogens is 270 g/mol. The van der Waals surface area contributed by atoms with Crippen molar-refractivity contribution in [1.82, 2.24) is 24.4 Å². The van der Waals surface area contributed by atoms with E-state index < -0.39 is 5.69 Å². The first-order chi connectivity index (χ1) is 10.2. The maximum atomic E-state index is 12.4. The topological polar surface area (TPSA) is 71.6 Å². The van der Waals surface area contributed by atoms with Crippen LogP contribution in [-0.2, 0) is 0 Å². The third kappa shape index (κ3) is 2.62. The standard InChI is InChI=1S/C14H19N5O2/c1-2-6-17(11-8-15-9-11)10-13(20)19-14(21)18-7-4-3-5-12(18)16-19/h3-5,7,11,15H,2,6,8-10H2,1H3. The van der Waals surface area contributed by atoms with Crippen molar-refractivity contribution >= 4 is 11.6 Å². The third-order valence-corrected chi connectivity index (χ3v) is 3.79. The van der Waals surface area contributed by atoms with Crippen molar-refractivity contribution in [3.8, 4) is 0 Å². The van der Waals surface area contributed by atoms with E-state index in [2.05, 4.69) is 22.2 Å². The quantitative estimate of drug-likeness (QED) is 0.827. The van der Waals surface area contributed by atoms with Gasteiger partial charge in [-0.3, -0.25) is 9.69 Å². The second kappa shape index (κ2) is 5.79. The van der Waals surface area contributed by atoms with E-state index in [9.17, 15) is 9.59 Å².